The van der Waals surface area contributed by atoms with Crippen LogP contribution in [0.3, 0.4) is 0 Å². The number of hydrogen-bond donors (Lipinski definition) is 1. The number of ether oxygens (including phenoxy) is 2. The molecular weight excluding hydrogens is 325 g/mol. The summed E-state index contributed by atoms with van der Waals surface area (Å²) in [4.78, 5) is 24.0. The van der Waals surface area contributed by atoms with Crippen LogP contribution < -0.4 is 10.5 Å². The predicted octanol–water partition coefficient (Wildman–Crippen LogP) is 3.11. The van der Waals surface area contributed by atoms with E-state index in [1.54, 1.807) is 0 Å². The van der Waals surface area contributed by atoms with E-state index in [0.717, 1.165) is 12.1 Å². The molecule has 0 aliphatic carbocycles. The molecule has 0 aliphatic rings. The first-order valence-electron chi connectivity index (χ1n) is 6.51. The summed E-state index contributed by atoms with van der Waals surface area (Å²) in [6.45, 7) is -0.554. The molecule has 0 radical (unpaired) electrons. The van der Waals surface area contributed by atoms with Gasteiger partial charge in [-0.3, -0.25) is 4.79 Å². The van der Waals surface area contributed by atoms with Crippen molar-refractivity contribution >= 4 is 29.0 Å². The Kier molecular flexibility index (Phi) is 5.18. The molecule has 0 fully saturated rings. The fraction of sp³-hybridized carbons (Fsp3) is 0.125. The van der Waals surface area contributed by atoms with Crippen molar-refractivity contribution in [3.8, 4) is 5.75 Å². The molecule has 2 N–H and O–H groups in total. The highest BCUT2D eigenvalue weighted by Gasteiger charge is 2.17. The van der Waals surface area contributed by atoms with Crippen molar-refractivity contribution in [2.75, 3.05) is 19.5 Å². The van der Waals surface area contributed by atoms with Crippen molar-refractivity contribution < 1.29 is 23.5 Å². The molecule has 0 aromatic heterocycles. The van der Waals surface area contributed by atoms with Crippen LogP contribution in [0.4, 0.5) is 10.1 Å². The molecule has 2 rings (SSSR count). The van der Waals surface area contributed by atoms with Crippen LogP contribution in [0.25, 0.3) is 0 Å². The molecule has 2 aromatic rings. The molecule has 0 heterocycles. The Morgan fingerprint density at radius 1 is 1.22 bits per heavy atom. The highest BCUT2D eigenvalue weighted by molar-refractivity contribution is 6.33. The number of methoxy groups -OCH3 is 1. The Balaban J connectivity index is 2.08. The van der Waals surface area contributed by atoms with E-state index in [-0.39, 0.29) is 22.6 Å². The lowest BCUT2D eigenvalue weighted by molar-refractivity contribution is 0.0474. The minimum atomic E-state index is -0.739. The lowest BCUT2D eigenvalue weighted by Gasteiger charge is -2.09. The zero-order chi connectivity index (χ0) is 17.0. The van der Waals surface area contributed by atoms with Crippen LogP contribution in [0.15, 0.2) is 36.4 Å². The van der Waals surface area contributed by atoms with Crippen LogP contribution in [0.2, 0.25) is 5.02 Å². The number of anilines is 1. The summed E-state index contributed by atoms with van der Waals surface area (Å²) in [5.74, 6) is -1.72. The first-order valence-corrected chi connectivity index (χ1v) is 6.89. The number of halogens is 2. The Hall–Kier alpha value is -2.60. The summed E-state index contributed by atoms with van der Waals surface area (Å²) in [7, 11) is 1.35. The molecule has 0 amide bonds. The second-order valence-corrected chi connectivity index (χ2v) is 4.99. The average Bonchev–Trinajstić information content (AvgIpc) is 2.54. The summed E-state index contributed by atoms with van der Waals surface area (Å²) < 4.78 is 23.1. The largest absolute Gasteiger partial charge is 0.496 e. The maximum absolute atomic E-state index is 13.2. The van der Waals surface area contributed by atoms with Gasteiger partial charge in [0, 0.05) is 0 Å². The maximum atomic E-state index is 13.2. The molecule has 0 unspecified atom stereocenters. The summed E-state index contributed by atoms with van der Waals surface area (Å²) in [6, 6.07) is 7.73. The molecule has 0 aliphatic heterocycles. The lowest BCUT2D eigenvalue weighted by Crippen LogP contribution is -2.15. The van der Waals surface area contributed by atoms with Gasteiger partial charge in [0.2, 0.25) is 5.78 Å². The van der Waals surface area contributed by atoms with E-state index < -0.39 is 24.2 Å². The van der Waals surface area contributed by atoms with E-state index in [1.807, 2.05) is 0 Å². The van der Waals surface area contributed by atoms with Crippen molar-refractivity contribution in [1.82, 2.24) is 0 Å². The van der Waals surface area contributed by atoms with Gasteiger partial charge in [-0.2, -0.15) is 0 Å². The molecule has 5 nitrogen and oxygen atoms in total. The van der Waals surface area contributed by atoms with Crippen molar-refractivity contribution in [2.24, 2.45) is 0 Å². The van der Waals surface area contributed by atoms with Crippen molar-refractivity contribution in [1.29, 1.82) is 0 Å². The van der Waals surface area contributed by atoms with Crippen LogP contribution in [-0.2, 0) is 4.74 Å². The van der Waals surface area contributed by atoms with Gasteiger partial charge >= 0.3 is 5.97 Å². The fourth-order valence-corrected chi connectivity index (χ4v) is 1.98. The third-order valence-electron chi connectivity index (χ3n) is 3.03. The number of nitrogen functional groups attached to an aromatic ring is 1. The maximum Gasteiger partial charge on any atom is 0.338 e. The van der Waals surface area contributed by atoms with Gasteiger partial charge in [-0.25, -0.2) is 9.18 Å². The van der Waals surface area contributed by atoms with Gasteiger partial charge < -0.3 is 15.2 Å². The van der Waals surface area contributed by atoms with Crippen LogP contribution >= 0.6 is 11.6 Å². The molecule has 0 atom stereocenters. The highest BCUT2D eigenvalue weighted by atomic mass is 35.5. The molecule has 2 aromatic carbocycles. The van der Waals surface area contributed by atoms with Crippen LogP contribution in [-0.4, -0.2) is 25.5 Å². The minimum Gasteiger partial charge on any atom is -0.496 e. The molecule has 0 saturated heterocycles. The second-order valence-electron chi connectivity index (χ2n) is 4.58. The number of rotatable bonds is 5. The lowest BCUT2D eigenvalue weighted by atomic mass is 10.1. The number of carbonyl (C=O) groups is 2. The van der Waals surface area contributed by atoms with Gasteiger partial charge in [0.15, 0.2) is 6.61 Å². The van der Waals surface area contributed by atoms with E-state index in [1.165, 1.54) is 31.4 Å². The molecule has 7 heteroatoms. The van der Waals surface area contributed by atoms with Gasteiger partial charge in [0.25, 0.3) is 0 Å². The fourth-order valence-electron chi connectivity index (χ4n) is 1.86. The summed E-state index contributed by atoms with van der Waals surface area (Å²) in [5, 5.41) is 0.308. The number of ketones is 1. The third kappa shape index (κ3) is 3.98. The minimum absolute atomic E-state index is 0.00378. The molecule has 0 bridgehead atoms. The molecular formula is C16H13ClFNO4. The number of benzene rings is 2. The Morgan fingerprint density at radius 2 is 1.96 bits per heavy atom. The SMILES string of the molecule is COc1ccc(F)cc1C(=O)COC(=O)c1ccc(Cl)c(N)c1. The van der Waals surface area contributed by atoms with Gasteiger partial charge in [0.05, 0.1) is 28.9 Å². The molecule has 0 spiro atoms. The van der Waals surface area contributed by atoms with E-state index in [9.17, 15) is 14.0 Å². The molecule has 0 saturated carbocycles. The Bertz CT molecular complexity index is 764. The standard InChI is InChI=1S/C16H13ClFNO4/c1-22-15-5-3-10(18)7-11(15)14(20)8-23-16(21)9-2-4-12(17)13(19)6-9/h2-7H,8,19H2,1H3. The molecule has 23 heavy (non-hydrogen) atoms. The topological polar surface area (TPSA) is 78.6 Å². The number of hydrogen-bond acceptors (Lipinski definition) is 5. The zero-order valence-corrected chi connectivity index (χ0v) is 12.9. The zero-order valence-electron chi connectivity index (χ0n) is 12.1. The van der Waals surface area contributed by atoms with Gasteiger partial charge in [0.1, 0.15) is 11.6 Å². The van der Waals surface area contributed by atoms with Gasteiger partial charge in [-0.15, -0.1) is 0 Å². The van der Waals surface area contributed by atoms with E-state index >= 15 is 0 Å². The second kappa shape index (κ2) is 7.11. The summed E-state index contributed by atoms with van der Waals surface area (Å²) in [6.07, 6.45) is 0. The van der Waals surface area contributed by atoms with Crippen LogP contribution in [0, 0.1) is 5.82 Å². The first kappa shape index (κ1) is 16.8. The van der Waals surface area contributed by atoms with E-state index in [4.69, 9.17) is 26.8 Å². The van der Waals surface area contributed by atoms with Crippen molar-refractivity contribution in [3.63, 3.8) is 0 Å². The predicted molar refractivity (Wildman–Crippen MR) is 83.4 cm³/mol. The number of Topliss-reactive ketones (excluding diaryl/α,β-unsaturated/α-hetero) is 1. The molecule has 120 valence electrons. The average molecular weight is 338 g/mol. The first-order chi connectivity index (χ1) is 10.9. The van der Waals surface area contributed by atoms with Gasteiger partial charge in [-0.05, 0) is 36.4 Å². The number of nitrogens with two attached hydrogens (primary N) is 1. The van der Waals surface area contributed by atoms with Crippen molar-refractivity contribution in [3.05, 3.63) is 58.4 Å². The van der Waals surface area contributed by atoms with Crippen LogP contribution in [0.5, 0.6) is 5.75 Å². The third-order valence-corrected chi connectivity index (χ3v) is 3.37. The smallest absolute Gasteiger partial charge is 0.338 e. The van der Waals surface area contributed by atoms with Gasteiger partial charge in [-0.1, -0.05) is 11.6 Å². The number of carbonyl (C=O) groups excluding carboxylic acids is 2. The highest BCUT2D eigenvalue weighted by Crippen LogP contribution is 2.21. The van der Waals surface area contributed by atoms with Crippen molar-refractivity contribution in [2.45, 2.75) is 0 Å². The Labute approximate surface area is 136 Å². The van der Waals surface area contributed by atoms with Crippen LogP contribution in [0.1, 0.15) is 20.7 Å². The number of esters is 1. The van der Waals surface area contributed by atoms with E-state index in [0.29, 0.717) is 5.02 Å². The summed E-state index contributed by atoms with van der Waals surface area (Å²) in [5.41, 5.74) is 5.97. The Morgan fingerprint density at radius 3 is 2.61 bits per heavy atom. The monoisotopic (exact) mass is 337 g/mol. The summed E-state index contributed by atoms with van der Waals surface area (Å²) >= 11 is 5.76. The quantitative estimate of drug-likeness (QED) is 0.515. The normalized spacial score (nSPS) is 10.2. The van der Waals surface area contributed by atoms with E-state index in [2.05, 4.69) is 0 Å².